The Morgan fingerprint density at radius 2 is 0.950 bits per heavy atom. The maximum absolute atomic E-state index is 13.4. The summed E-state index contributed by atoms with van der Waals surface area (Å²) in [4.78, 5) is 49.4. The van der Waals surface area contributed by atoms with Gasteiger partial charge in [-0.25, -0.2) is 0 Å². The first-order valence-electron chi connectivity index (χ1n) is 36.5. The quantitative estimate of drug-likeness (QED) is 0.0590. The number of fused-ring (bicyclic) bond motifs is 15. The van der Waals surface area contributed by atoms with E-state index in [9.17, 15) is 45.0 Å². The molecule has 0 amide bonds. The molecule has 0 saturated heterocycles. The summed E-state index contributed by atoms with van der Waals surface area (Å²) in [6, 6.07) is 3.98. The SMILES string of the molecule is C.CC(=O)[C@H]1CC[C@H]2[C@@H]3CC[C@H]4C[C@](C)(O)CC[C@]4(C)[C@H]3C[C@@H](O)[C@]12C.CO.C[C@@]1(O)CC[C@@]2(C)[C@@H](CC[C@@H]3[C@@H]2C[C@@H](O)[C@]2(C)[C@@H](C(=O)CBr)CC[C@@H]32)C1.C[C@@]1(O)CC[C@@]2(C)[C@@H](CC[C@@H]3[C@@H]2C[C@@H](O)[C@]2(C)[C@@H](C(=O)Cn4cc(C#N)cn4)CC[C@@H]32)C1.N#Cc1cn[nH]c1.O=CO[O-].[H-].[K+].[K+].[V]. The fraction of sp³-hybridized carbons (Fsp3) is 0.844. The van der Waals surface area contributed by atoms with Crippen LogP contribution in [0.15, 0.2) is 24.8 Å². The van der Waals surface area contributed by atoms with Gasteiger partial charge in [0.15, 0.2) is 5.78 Å². The van der Waals surface area contributed by atoms with E-state index < -0.39 is 22.9 Å². The van der Waals surface area contributed by atoms with Crippen LogP contribution in [0, 0.1) is 144 Å². The molecule has 2 heterocycles. The molecule has 551 valence electrons. The van der Waals surface area contributed by atoms with Crippen molar-refractivity contribution in [2.45, 2.75) is 272 Å². The third-order valence-electron chi connectivity index (χ3n) is 30.3. The minimum absolute atomic E-state index is 0. The molecule has 2 aromatic heterocycles. The van der Waals surface area contributed by atoms with Crippen molar-refractivity contribution in [3.63, 3.8) is 0 Å². The zero-order chi connectivity index (χ0) is 70.5. The summed E-state index contributed by atoms with van der Waals surface area (Å²) in [5.41, 5.74) is -0.707. The Labute approximate surface area is 703 Å². The Kier molecular flexibility index (Phi) is 32.3. The number of H-pyrrole nitrogens is 1. The van der Waals surface area contributed by atoms with Gasteiger partial charge in [-0.1, -0.05) is 64.9 Å². The average Bonchev–Trinajstić information content (AvgIpc) is 1.68. The number of halogens is 1. The summed E-state index contributed by atoms with van der Waals surface area (Å²) in [5, 5.41) is 109. The molecular formula is C77H121BrK2N6O13V. The van der Waals surface area contributed by atoms with Crippen LogP contribution in [0.25, 0.3) is 0 Å². The molecule has 0 bridgehead atoms. The number of carbonyl (C=O) groups excluding carboxylic acids is 4. The monoisotopic (exact) mass is 1550 g/mol. The number of ketones is 3. The number of nitriles is 2. The first kappa shape index (κ1) is 90.5. The summed E-state index contributed by atoms with van der Waals surface area (Å²) in [7, 11) is 1.00. The molecule has 12 aliphatic carbocycles. The molecule has 2 aromatic rings. The Morgan fingerprint density at radius 1 is 0.600 bits per heavy atom. The van der Waals surface area contributed by atoms with Crippen molar-refractivity contribution in [1.29, 1.82) is 10.5 Å². The van der Waals surface area contributed by atoms with Crippen LogP contribution >= 0.6 is 15.9 Å². The average molecular weight is 1550 g/mol. The fourth-order valence-electron chi connectivity index (χ4n) is 25.1. The van der Waals surface area contributed by atoms with Gasteiger partial charge >= 0.3 is 103 Å². The van der Waals surface area contributed by atoms with E-state index in [1.807, 2.05) is 26.8 Å². The second-order valence-electron chi connectivity index (χ2n) is 34.8. The topological polar surface area (TPSA) is 336 Å². The van der Waals surface area contributed by atoms with E-state index in [2.05, 4.69) is 83.7 Å². The van der Waals surface area contributed by atoms with Crippen molar-refractivity contribution in [2.75, 3.05) is 12.4 Å². The normalized spacial score (nSPS) is 45.3. The summed E-state index contributed by atoms with van der Waals surface area (Å²) >= 11 is 3.36. The number of nitrogens with zero attached hydrogens (tertiary/aromatic N) is 5. The number of hydrogen-bond acceptors (Lipinski definition) is 17. The van der Waals surface area contributed by atoms with E-state index in [0.29, 0.717) is 87.5 Å². The second-order valence-corrected chi connectivity index (χ2v) is 35.4. The van der Waals surface area contributed by atoms with Gasteiger partial charge in [0, 0.05) is 72.1 Å². The predicted molar refractivity (Wildman–Crippen MR) is 370 cm³/mol. The maximum Gasteiger partial charge on any atom is 1.00 e. The molecule has 0 unspecified atom stereocenters. The molecule has 12 aliphatic rings. The van der Waals surface area contributed by atoms with Gasteiger partial charge < -0.3 is 47.3 Å². The molecule has 19 nitrogen and oxygen atoms in total. The van der Waals surface area contributed by atoms with Crippen LogP contribution < -0.4 is 108 Å². The van der Waals surface area contributed by atoms with Crippen molar-refractivity contribution >= 4 is 39.8 Å². The summed E-state index contributed by atoms with van der Waals surface area (Å²) in [6.45, 7) is 21.6. The molecule has 100 heavy (non-hydrogen) atoms. The first-order chi connectivity index (χ1) is 45.2. The van der Waals surface area contributed by atoms with Gasteiger partial charge in [0.2, 0.25) is 0 Å². The van der Waals surface area contributed by atoms with Crippen molar-refractivity contribution in [1.82, 2.24) is 20.0 Å². The van der Waals surface area contributed by atoms with Gasteiger partial charge in [0.25, 0.3) is 6.47 Å². The minimum Gasteiger partial charge on any atom is -1.00 e. The zero-order valence-corrected chi connectivity index (χ0v) is 71.0. The van der Waals surface area contributed by atoms with Gasteiger partial charge in [0.05, 0.1) is 70.5 Å². The first-order valence-corrected chi connectivity index (χ1v) is 37.6. The van der Waals surface area contributed by atoms with E-state index in [1.54, 1.807) is 24.0 Å². The molecule has 23 heteroatoms. The van der Waals surface area contributed by atoms with Crippen LogP contribution in [0.5, 0.6) is 0 Å². The number of carbonyl (C=O) groups is 4. The standard InChI is InChI=1S/C26H37N3O3.C22H35BrO3.C22H36O3.C4H3N3.CH2O3.CH4O.CH4.2K.V.H/c1-24(32)8-9-25(2)17(11-24)4-5-18-19-6-7-20(26(19,3)23(31)10-21(18)25)22(30)15-29-14-16(12-27)13-28-29;1-20(26)8-9-21(2)13(11-20)4-5-14-15-6-7-16(18(24)12-23)22(15,3)19(25)10-17(14)21;1-13(23)16-7-8-17-15-6-5-14-12-20(2,25)9-10-21(14,3)18(15)11-19(24)22(16,17)4;5-1-4-2-6-7-3-4;2-1-4-3;1-2;;;;;/h13-14,17-21,23,31-32H,4-11,15H2,1-3H3;13-17,19,25-26H,4-12H2,1-3H3;14-19,24-25H,5-12H2,1-4H3;2-3H,(H,6,7);1,3H;2H,1H3;1H4;;;;/q;;;;;;;2*+1;;-1/p-1/t17-,18-,19-,20+,21-,23+,24+,25-,26-;13-,14-,15-,16+,17-,19+,20+,21-,22-;14-,15-,16+,17-,18-,19+,20+,21-,22+;;;;;;;;/m000......../s1. The van der Waals surface area contributed by atoms with E-state index in [1.165, 1.54) is 38.1 Å². The molecule has 0 aliphatic heterocycles. The summed E-state index contributed by atoms with van der Waals surface area (Å²) in [6.07, 6.45) is 29.0. The molecule has 0 spiro atoms. The Hall–Kier alpha value is -0.103. The fourth-order valence-corrected chi connectivity index (χ4v) is 25.5. The third-order valence-corrected chi connectivity index (χ3v) is 30.9. The zero-order valence-electron chi connectivity index (χ0n) is 62.8. The van der Waals surface area contributed by atoms with E-state index in [4.69, 9.17) is 25.7 Å². The van der Waals surface area contributed by atoms with Crippen LogP contribution in [0.1, 0.15) is 243 Å². The van der Waals surface area contributed by atoms with Gasteiger partial charge in [-0.2, -0.15) is 20.7 Å². The number of hydrogen-bond donors (Lipinski definition) is 8. The number of rotatable bonds is 7. The molecule has 0 aromatic carbocycles. The minimum atomic E-state index is -0.554. The number of aliphatic hydroxyl groups excluding tert-OH is 4. The molecule has 12 saturated carbocycles. The van der Waals surface area contributed by atoms with E-state index in [0.717, 1.165) is 136 Å². The molecular weight excluding hydrogens is 1430 g/mol. The van der Waals surface area contributed by atoms with Gasteiger partial charge in [0.1, 0.15) is 23.7 Å². The van der Waals surface area contributed by atoms with Crippen molar-refractivity contribution in [3.05, 3.63) is 35.9 Å². The summed E-state index contributed by atoms with van der Waals surface area (Å²) in [5.74, 6) is 7.04. The Morgan fingerprint density at radius 3 is 1.25 bits per heavy atom. The maximum atomic E-state index is 13.4. The Balaban J connectivity index is 0.000000290. The van der Waals surface area contributed by atoms with Crippen LogP contribution in [0.3, 0.4) is 0 Å². The van der Waals surface area contributed by atoms with Gasteiger partial charge in [-0.3, -0.25) is 29.0 Å². The molecule has 12 fully saturated rings. The van der Waals surface area contributed by atoms with Crippen LogP contribution in [0.4, 0.5) is 0 Å². The van der Waals surface area contributed by atoms with E-state index in [-0.39, 0.29) is 223 Å². The molecule has 14 rings (SSSR count). The van der Waals surface area contributed by atoms with Gasteiger partial charge in [-0.05, 0) is 269 Å². The number of aromatic amines is 1. The number of nitrogens with one attached hydrogen (secondary N) is 1. The van der Waals surface area contributed by atoms with Crippen LogP contribution in [-0.2, 0) is 49.2 Å². The number of Topliss-reactive ketones (excluding diaryl/α,β-unsaturated/α-hetero) is 3. The van der Waals surface area contributed by atoms with Crippen LogP contribution in [0.2, 0.25) is 0 Å². The number of alkyl halides is 1. The molecule has 1 radical (unpaired) electrons. The van der Waals surface area contributed by atoms with Crippen LogP contribution in [-0.4, -0.2) is 127 Å². The largest absolute Gasteiger partial charge is 1.00 e. The third kappa shape index (κ3) is 17.2. The molecule has 8 N–H and O–H groups in total. The predicted octanol–water partition coefficient (Wildman–Crippen LogP) is 5.07. The number of aliphatic hydroxyl groups is 7. The van der Waals surface area contributed by atoms with E-state index >= 15 is 0 Å². The van der Waals surface area contributed by atoms with Gasteiger partial charge in [-0.15, -0.1) is 0 Å². The van der Waals surface area contributed by atoms with Crippen molar-refractivity contribution in [2.24, 2.45) is 121 Å². The second kappa shape index (κ2) is 35.7. The molecule has 27 atom stereocenters. The summed E-state index contributed by atoms with van der Waals surface area (Å²) < 4.78 is 1.57. The van der Waals surface area contributed by atoms with Crippen molar-refractivity contribution in [3.8, 4) is 12.1 Å². The Bertz CT molecular complexity index is 3160. The smallest absolute Gasteiger partial charge is 1.00 e. The number of aromatic nitrogens is 4. The van der Waals surface area contributed by atoms with Crippen molar-refractivity contribution < 1.29 is 188 Å².